The van der Waals surface area contributed by atoms with Gasteiger partial charge in [0.2, 0.25) is 5.91 Å². The first-order chi connectivity index (χ1) is 12.6. The Kier molecular flexibility index (Phi) is 10.8. The van der Waals surface area contributed by atoms with E-state index in [9.17, 15) is 9.59 Å². The molecule has 0 fully saturated rings. The highest BCUT2D eigenvalue weighted by Crippen LogP contribution is 2.19. The molecule has 1 aromatic carbocycles. The van der Waals surface area contributed by atoms with Gasteiger partial charge in [0.1, 0.15) is 5.75 Å². The van der Waals surface area contributed by atoms with E-state index in [1.54, 1.807) is 17.9 Å². The van der Waals surface area contributed by atoms with Crippen molar-refractivity contribution in [2.24, 2.45) is 0 Å². The zero-order chi connectivity index (χ0) is 19.2. The highest BCUT2D eigenvalue weighted by Gasteiger charge is 2.13. The molecule has 1 rings (SSSR count). The van der Waals surface area contributed by atoms with E-state index in [0.717, 1.165) is 17.7 Å². The normalized spacial score (nSPS) is 10.7. The number of para-hydroxylation sites is 1. The van der Waals surface area contributed by atoms with Crippen LogP contribution >= 0.6 is 0 Å². The van der Waals surface area contributed by atoms with Crippen LogP contribution in [0.1, 0.15) is 38.7 Å². The molecule has 0 radical (unpaired) electrons. The largest absolute Gasteiger partial charge is 0.493 e. The van der Waals surface area contributed by atoms with Crippen molar-refractivity contribution in [3.05, 3.63) is 35.9 Å². The van der Waals surface area contributed by atoms with Gasteiger partial charge in [-0.15, -0.1) is 0 Å². The molecule has 0 aliphatic rings. The van der Waals surface area contributed by atoms with E-state index in [1.807, 2.05) is 31.2 Å². The fourth-order valence-corrected chi connectivity index (χ4v) is 2.28. The van der Waals surface area contributed by atoms with Gasteiger partial charge in [0.15, 0.2) is 0 Å². The van der Waals surface area contributed by atoms with Gasteiger partial charge in [-0.3, -0.25) is 9.59 Å². The molecule has 0 bridgehead atoms. The van der Waals surface area contributed by atoms with Crippen molar-refractivity contribution < 1.29 is 24.2 Å². The topological polar surface area (TPSA) is 76.1 Å². The summed E-state index contributed by atoms with van der Waals surface area (Å²) in [6, 6.07) is 7.51. The first-order valence-electron chi connectivity index (χ1n) is 9.07. The maximum absolute atomic E-state index is 12.5. The summed E-state index contributed by atoms with van der Waals surface area (Å²) in [6.45, 7) is 5.33. The molecule has 144 valence electrons. The van der Waals surface area contributed by atoms with Crippen LogP contribution in [0, 0.1) is 0 Å². The van der Waals surface area contributed by atoms with Crippen molar-refractivity contribution in [1.82, 2.24) is 4.90 Å². The molecule has 6 nitrogen and oxygen atoms in total. The quantitative estimate of drug-likeness (QED) is 0.456. The third kappa shape index (κ3) is 8.16. The Morgan fingerprint density at radius 2 is 1.96 bits per heavy atom. The zero-order valence-electron chi connectivity index (χ0n) is 15.6. The average molecular weight is 363 g/mol. The van der Waals surface area contributed by atoms with Gasteiger partial charge < -0.3 is 19.5 Å². The minimum atomic E-state index is -0.336. The van der Waals surface area contributed by atoms with Gasteiger partial charge in [0.25, 0.3) is 0 Å². The van der Waals surface area contributed by atoms with Crippen LogP contribution in [-0.4, -0.2) is 54.8 Å². The molecular formula is C20H29NO5. The van der Waals surface area contributed by atoms with E-state index >= 15 is 0 Å². The summed E-state index contributed by atoms with van der Waals surface area (Å²) < 4.78 is 10.6. The third-order valence-electron chi connectivity index (χ3n) is 3.58. The number of carbonyl (C=O) groups is 2. The zero-order valence-corrected chi connectivity index (χ0v) is 15.6. The number of rotatable bonds is 12. The van der Waals surface area contributed by atoms with Crippen LogP contribution < -0.4 is 4.74 Å². The minimum absolute atomic E-state index is 0.0133. The van der Waals surface area contributed by atoms with E-state index in [4.69, 9.17) is 14.6 Å². The molecule has 0 saturated heterocycles. The van der Waals surface area contributed by atoms with E-state index in [-0.39, 0.29) is 31.4 Å². The Labute approximate surface area is 155 Å². The number of esters is 1. The standard InChI is InChI=1S/C20H29NO5/c1-3-16-26-18-9-6-5-8-17(18)10-11-19(23)21(13-7-15-22)14-12-20(24)25-4-2/h5-6,8-11,22H,3-4,7,12-16H2,1-2H3/b11-10+. The SMILES string of the molecule is CCCOc1ccccc1/C=C/C(=O)N(CCCO)CCC(=O)OCC. The number of benzene rings is 1. The lowest BCUT2D eigenvalue weighted by molar-refractivity contribution is -0.143. The Bertz CT molecular complexity index is 585. The van der Waals surface area contributed by atoms with Crippen LogP contribution in [0.4, 0.5) is 0 Å². The predicted octanol–water partition coefficient (Wildman–Crippen LogP) is 2.65. The van der Waals surface area contributed by atoms with Gasteiger partial charge in [-0.05, 0) is 31.9 Å². The van der Waals surface area contributed by atoms with Gasteiger partial charge in [0, 0.05) is 31.3 Å². The molecule has 6 heteroatoms. The van der Waals surface area contributed by atoms with E-state index in [2.05, 4.69) is 0 Å². The summed E-state index contributed by atoms with van der Waals surface area (Å²) in [5.41, 5.74) is 0.821. The highest BCUT2D eigenvalue weighted by molar-refractivity contribution is 5.92. The Morgan fingerprint density at radius 3 is 2.65 bits per heavy atom. The molecule has 0 aliphatic heterocycles. The average Bonchev–Trinajstić information content (AvgIpc) is 2.65. The Balaban J connectivity index is 2.75. The number of hydrogen-bond acceptors (Lipinski definition) is 5. The Morgan fingerprint density at radius 1 is 1.19 bits per heavy atom. The van der Waals surface area contributed by atoms with Crippen LogP contribution in [0.25, 0.3) is 6.08 Å². The van der Waals surface area contributed by atoms with Crippen molar-refractivity contribution in [2.45, 2.75) is 33.1 Å². The maximum atomic E-state index is 12.5. The van der Waals surface area contributed by atoms with Gasteiger partial charge in [0.05, 0.1) is 19.6 Å². The summed E-state index contributed by atoms with van der Waals surface area (Å²) in [4.78, 5) is 25.5. The lowest BCUT2D eigenvalue weighted by atomic mass is 10.2. The molecular weight excluding hydrogens is 334 g/mol. The molecule has 0 unspecified atom stereocenters. The van der Waals surface area contributed by atoms with Crippen LogP contribution in [0.5, 0.6) is 5.75 Å². The van der Waals surface area contributed by atoms with Crippen LogP contribution in [0.15, 0.2) is 30.3 Å². The third-order valence-corrected chi connectivity index (χ3v) is 3.58. The van der Waals surface area contributed by atoms with E-state index in [0.29, 0.717) is 26.2 Å². The summed E-state index contributed by atoms with van der Waals surface area (Å²) in [5, 5.41) is 9.02. The maximum Gasteiger partial charge on any atom is 0.307 e. The second-order valence-corrected chi connectivity index (χ2v) is 5.68. The fourth-order valence-electron chi connectivity index (χ4n) is 2.28. The highest BCUT2D eigenvalue weighted by atomic mass is 16.5. The molecule has 0 saturated carbocycles. The van der Waals surface area contributed by atoms with Crippen molar-refractivity contribution in [3.63, 3.8) is 0 Å². The van der Waals surface area contributed by atoms with Crippen LogP contribution in [-0.2, 0) is 14.3 Å². The van der Waals surface area contributed by atoms with Crippen molar-refractivity contribution in [3.8, 4) is 5.75 Å². The van der Waals surface area contributed by atoms with Gasteiger partial charge in [-0.25, -0.2) is 0 Å². The number of ether oxygens (including phenoxy) is 2. The van der Waals surface area contributed by atoms with Gasteiger partial charge >= 0.3 is 5.97 Å². The fraction of sp³-hybridized carbons (Fsp3) is 0.500. The smallest absolute Gasteiger partial charge is 0.307 e. The van der Waals surface area contributed by atoms with E-state index in [1.165, 1.54) is 6.08 Å². The number of carbonyl (C=O) groups excluding carboxylic acids is 2. The molecule has 0 atom stereocenters. The molecule has 0 aromatic heterocycles. The molecule has 0 heterocycles. The lowest BCUT2D eigenvalue weighted by Gasteiger charge is -2.20. The monoisotopic (exact) mass is 363 g/mol. The second kappa shape index (κ2) is 12.9. The van der Waals surface area contributed by atoms with Crippen LogP contribution in [0.3, 0.4) is 0 Å². The first-order valence-corrected chi connectivity index (χ1v) is 9.07. The summed E-state index contributed by atoms with van der Waals surface area (Å²) in [5.74, 6) is 0.177. The molecule has 26 heavy (non-hydrogen) atoms. The minimum Gasteiger partial charge on any atom is -0.493 e. The number of nitrogens with zero attached hydrogens (tertiary/aromatic N) is 1. The van der Waals surface area contributed by atoms with Crippen molar-refractivity contribution in [1.29, 1.82) is 0 Å². The molecule has 0 aliphatic carbocycles. The molecule has 1 aromatic rings. The van der Waals surface area contributed by atoms with Crippen molar-refractivity contribution in [2.75, 3.05) is 32.9 Å². The number of aliphatic hydroxyl groups is 1. The summed E-state index contributed by atoms with van der Waals surface area (Å²) in [6.07, 6.45) is 4.67. The molecule has 1 N–H and O–H groups in total. The number of amides is 1. The van der Waals surface area contributed by atoms with Crippen LogP contribution in [0.2, 0.25) is 0 Å². The lowest BCUT2D eigenvalue weighted by Crippen LogP contribution is -2.33. The Hall–Kier alpha value is -2.34. The predicted molar refractivity (Wildman–Crippen MR) is 101 cm³/mol. The second-order valence-electron chi connectivity index (χ2n) is 5.68. The molecule has 0 spiro atoms. The van der Waals surface area contributed by atoms with Gasteiger partial charge in [-0.2, -0.15) is 0 Å². The van der Waals surface area contributed by atoms with E-state index < -0.39 is 0 Å². The number of aliphatic hydroxyl groups excluding tert-OH is 1. The summed E-state index contributed by atoms with van der Waals surface area (Å²) in [7, 11) is 0. The first kappa shape index (κ1) is 21.7. The molecule has 1 amide bonds. The van der Waals surface area contributed by atoms with Gasteiger partial charge in [-0.1, -0.05) is 25.1 Å². The summed E-state index contributed by atoms with van der Waals surface area (Å²) >= 11 is 0. The van der Waals surface area contributed by atoms with Crippen molar-refractivity contribution >= 4 is 18.0 Å². The number of hydrogen-bond donors (Lipinski definition) is 1.